The van der Waals surface area contributed by atoms with Crippen molar-refractivity contribution in [1.29, 1.82) is 0 Å². The van der Waals surface area contributed by atoms with Gasteiger partial charge in [-0.3, -0.25) is 9.00 Å². The lowest BCUT2D eigenvalue weighted by Crippen LogP contribution is -2.32. The lowest BCUT2D eigenvalue weighted by molar-refractivity contribution is -0.160. The first kappa shape index (κ1) is 11.7. The van der Waals surface area contributed by atoms with Crippen LogP contribution in [0.15, 0.2) is 0 Å². The highest BCUT2D eigenvalue weighted by Gasteiger charge is 2.28. The first-order chi connectivity index (χ1) is 6.38. The largest absolute Gasteiger partial charge is 0.460 e. The van der Waals surface area contributed by atoms with Gasteiger partial charge in [-0.1, -0.05) is 0 Å². The highest BCUT2D eigenvalue weighted by molar-refractivity contribution is 7.85. The highest BCUT2D eigenvalue weighted by Crippen LogP contribution is 2.20. The van der Waals surface area contributed by atoms with Crippen molar-refractivity contribution in [1.82, 2.24) is 0 Å². The normalized spacial score (nSPS) is 28.5. The summed E-state index contributed by atoms with van der Waals surface area (Å²) < 4.78 is 16.3. The van der Waals surface area contributed by atoms with Crippen LogP contribution in [-0.2, 0) is 20.3 Å². The van der Waals surface area contributed by atoms with Crippen molar-refractivity contribution in [3.05, 3.63) is 0 Å². The maximum Gasteiger partial charge on any atom is 0.309 e. The maximum atomic E-state index is 11.6. The summed E-state index contributed by atoms with van der Waals surface area (Å²) in [5.74, 6) is 1.12. The zero-order valence-electron chi connectivity index (χ0n) is 9.04. The molecule has 14 heavy (non-hydrogen) atoms. The Morgan fingerprint density at radius 2 is 1.79 bits per heavy atom. The summed E-state index contributed by atoms with van der Waals surface area (Å²) in [7, 11) is -0.708. The van der Waals surface area contributed by atoms with E-state index < -0.39 is 16.4 Å². The lowest BCUT2D eigenvalue weighted by atomic mass is 10.0. The van der Waals surface area contributed by atoms with Gasteiger partial charge in [0.25, 0.3) is 0 Å². The lowest BCUT2D eigenvalue weighted by Gasteiger charge is -2.25. The predicted molar refractivity (Wildman–Crippen MR) is 56.4 cm³/mol. The molecule has 1 rings (SSSR count). The predicted octanol–water partition coefficient (Wildman–Crippen LogP) is 1.49. The van der Waals surface area contributed by atoms with E-state index in [1.165, 1.54) is 0 Å². The Hall–Kier alpha value is -0.380. The molecule has 0 N–H and O–H groups in total. The molecular weight excluding hydrogens is 200 g/mol. The molecule has 0 unspecified atom stereocenters. The molecule has 0 aromatic rings. The van der Waals surface area contributed by atoms with Crippen LogP contribution < -0.4 is 0 Å². The SMILES string of the molecule is CC(C)(C)OC(=O)C1CCS(=O)CC1. The molecule has 1 aliphatic heterocycles. The molecule has 1 heterocycles. The van der Waals surface area contributed by atoms with Crippen molar-refractivity contribution < 1.29 is 13.7 Å². The summed E-state index contributed by atoms with van der Waals surface area (Å²) in [5, 5.41) is 0. The van der Waals surface area contributed by atoms with Crippen LogP contribution in [0.25, 0.3) is 0 Å². The zero-order chi connectivity index (χ0) is 10.8. The van der Waals surface area contributed by atoms with E-state index in [1.807, 2.05) is 20.8 Å². The van der Waals surface area contributed by atoms with Crippen molar-refractivity contribution in [3.63, 3.8) is 0 Å². The zero-order valence-corrected chi connectivity index (χ0v) is 9.86. The Balaban J connectivity index is 2.42. The second-order valence-corrected chi connectivity index (χ2v) is 6.35. The van der Waals surface area contributed by atoms with Crippen molar-refractivity contribution in [2.45, 2.75) is 39.2 Å². The number of carbonyl (C=O) groups excluding carboxylic acids is 1. The summed E-state index contributed by atoms with van der Waals surface area (Å²) in [6.07, 6.45) is 1.42. The molecule has 0 radical (unpaired) electrons. The number of rotatable bonds is 1. The molecule has 0 saturated carbocycles. The molecule has 82 valence electrons. The Labute approximate surface area is 87.7 Å². The van der Waals surface area contributed by atoms with Gasteiger partial charge < -0.3 is 4.74 Å². The summed E-state index contributed by atoms with van der Waals surface area (Å²) in [5.41, 5.74) is -0.409. The summed E-state index contributed by atoms with van der Waals surface area (Å²) in [6, 6.07) is 0. The number of hydrogen-bond acceptors (Lipinski definition) is 3. The van der Waals surface area contributed by atoms with Crippen LogP contribution >= 0.6 is 0 Å². The van der Waals surface area contributed by atoms with Crippen molar-refractivity contribution in [2.75, 3.05) is 11.5 Å². The topological polar surface area (TPSA) is 43.4 Å². The highest BCUT2D eigenvalue weighted by atomic mass is 32.2. The van der Waals surface area contributed by atoms with Crippen LogP contribution in [-0.4, -0.2) is 27.3 Å². The van der Waals surface area contributed by atoms with Gasteiger partial charge in [0, 0.05) is 22.3 Å². The van der Waals surface area contributed by atoms with E-state index in [9.17, 15) is 9.00 Å². The second kappa shape index (κ2) is 4.43. The second-order valence-electron chi connectivity index (χ2n) is 4.66. The van der Waals surface area contributed by atoms with Gasteiger partial charge in [-0.2, -0.15) is 0 Å². The maximum absolute atomic E-state index is 11.6. The quantitative estimate of drug-likeness (QED) is 0.626. The van der Waals surface area contributed by atoms with Crippen LogP contribution in [0, 0.1) is 5.92 Å². The van der Waals surface area contributed by atoms with Crippen LogP contribution in [0.1, 0.15) is 33.6 Å². The molecule has 0 bridgehead atoms. The smallest absolute Gasteiger partial charge is 0.309 e. The average molecular weight is 218 g/mol. The van der Waals surface area contributed by atoms with Gasteiger partial charge in [-0.15, -0.1) is 0 Å². The minimum Gasteiger partial charge on any atom is -0.460 e. The van der Waals surface area contributed by atoms with E-state index in [1.54, 1.807) is 0 Å². The van der Waals surface area contributed by atoms with Crippen LogP contribution in [0.3, 0.4) is 0 Å². The standard InChI is InChI=1S/C10H18O3S/c1-10(2,3)13-9(11)8-4-6-14(12)7-5-8/h8H,4-7H2,1-3H3. The number of esters is 1. The van der Waals surface area contributed by atoms with E-state index in [0.29, 0.717) is 24.3 Å². The molecule has 0 spiro atoms. The van der Waals surface area contributed by atoms with Gasteiger partial charge in [0.05, 0.1) is 5.92 Å². The average Bonchev–Trinajstić information content (AvgIpc) is 2.02. The van der Waals surface area contributed by atoms with Crippen LogP contribution in [0.5, 0.6) is 0 Å². The number of carbonyl (C=O) groups is 1. The van der Waals surface area contributed by atoms with Gasteiger partial charge in [0.15, 0.2) is 0 Å². The Morgan fingerprint density at radius 3 is 2.21 bits per heavy atom. The van der Waals surface area contributed by atoms with Crippen molar-refractivity contribution >= 4 is 16.8 Å². The Morgan fingerprint density at radius 1 is 1.29 bits per heavy atom. The van der Waals surface area contributed by atoms with E-state index in [-0.39, 0.29) is 11.9 Å². The third kappa shape index (κ3) is 3.78. The molecule has 0 amide bonds. The minimum atomic E-state index is -0.708. The molecule has 1 aliphatic rings. The first-order valence-electron chi connectivity index (χ1n) is 4.96. The molecule has 4 heteroatoms. The number of ether oxygens (including phenoxy) is 1. The van der Waals surface area contributed by atoms with Gasteiger partial charge in [0.2, 0.25) is 0 Å². The molecular formula is C10H18O3S. The molecule has 0 aromatic carbocycles. The summed E-state index contributed by atoms with van der Waals surface area (Å²) in [4.78, 5) is 11.6. The third-order valence-electron chi connectivity index (χ3n) is 2.13. The Kier molecular flexibility index (Phi) is 3.70. The van der Waals surface area contributed by atoms with Gasteiger partial charge >= 0.3 is 5.97 Å². The van der Waals surface area contributed by atoms with E-state index in [0.717, 1.165) is 0 Å². The minimum absolute atomic E-state index is 0.0353. The molecule has 1 saturated heterocycles. The van der Waals surface area contributed by atoms with Crippen molar-refractivity contribution in [2.24, 2.45) is 5.92 Å². The van der Waals surface area contributed by atoms with E-state index >= 15 is 0 Å². The van der Waals surface area contributed by atoms with Crippen molar-refractivity contribution in [3.8, 4) is 0 Å². The molecule has 0 aliphatic carbocycles. The molecule has 1 fully saturated rings. The molecule has 0 aromatic heterocycles. The first-order valence-corrected chi connectivity index (χ1v) is 6.45. The van der Waals surface area contributed by atoms with Crippen LogP contribution in [0.4, 0.5) is 0 Å². The van der Waals surface area contributed by atoms with E-state index in [4.69, 9.17) is 4.74 Å². The van der Waals surface area contributed by atoms with Gasteiger partial charge in [-0.05, 0) is 33.6 Å². The summed E-state index contributed by atoms with van der Waals surface area (Å²) in [6.45, 7) is 5.60. The fraction of sp³-hybridized carbons (Fsp3) is 0.900. The fourth-order valence-corrected chi connectivity index (χ4v) is 2.71. The van der Waals surface area contributed by atoms with Gasteiger partial charge in [0.1, 0.15) is 5.60 Å². The number of hydrogen-bond donors (Lipinski definition) is 0. The third-order valence-corrected chi connectivity index (χ3v) is 3.51. The van der Waals surface area contributed by atoms with E-state index in [2.05, 4.69) is 0 Å². The summed E-state index contributed by atoms with van der Waals surface area (Å²) >= 11 is 0. The molecule has 3 nitrogen and oxygen atoms in total. The molecule has 0 atom stereocenters. The van der Waals surface area contributed by atoms with Crippen LogP contribution in [0.2, 0.25) is 0 Å². The fourth-order valence-electron chi connectivity index (χ4n) is 1.41. The van der Waals surface area contributed by atoms with Gasteiger partial charge in [-0.25, -0.2) is 0 Å². The Bertz CT molecular complexity index is 232. The monoisotopic (exact) mass is 218 g/mol.